The van der Waals surface area contributed by atoms with Gasteiger partial charge >= 0.3 is 0 Å². The van der Waals surface area contributed by atoms with Gasteiger partial charge in [-0.1, -0.05) is 30.3 Å². The van der Waals surface area contributed by atoms with Crippen molar-refractivity contribution in [3.63, 3.8) is 0 Å². The van der Waals surface area contributed by atoms with Crippen LogP contribution in [0, 0.1) is 0 Å². The van der Waals surface area contributed by atoms with Gasteiger partial charge in [0.15, 0.2) is 5.82 Å². The predicted molar refractivity (Wildman–Crippen MR) is 78.1 cm³/mol. The Morgan fingerprint density at radius 3 is 3.00 bits per heavy atom. The number of nitrogens with zero attached hydrogens (tertiary/aromatic N) is 1. The Labute approximate surface area is 117 Å². The molecular formula is C15H16N4O. The van der Waals surface area contributed by atoms with Gasteiger partial charge in [0.1, 0.15) is 0 Å². The molecular weight excluding hydrogens is 252 g/mol. The van der Waals surface area contributed by atoms with E-state index in [0.717, 1.165) is 36.3 Å². The second kappa shape index (κ2) is 5.71. The quantitative estimate of drug-likeness (QED) is 0.742. The van der Waals surface area contributed by atoms with Crippen molar-refractivity contribution in [1.29, 1.82) is 0 Å². The SMILES string of the molecule is O=C(/C=C/c1ccccc1)Nc1n[nH]c2c1CNCC2. The molecule has 20 heavy (non-hydrogen) atoms. The first kappa shape index (κ1) is 12.6. The topological polar surface area (TPSA) is 69.8 Å². The minimum absolute atomic E-state index is 0.172. The zero-order valence-electron chi connectivity index (χ0n) is 11.0. The highest BCUT2D eigenvalue weighted by atomic mass is 16.1. The number of carbonyl (C=O) groups excluding carboxylic acids is 1. The molecule has 1 aromatic heterocycles. The molecule has 3 rings (SSSR count). The molecule has 2 aromatic rings. The number of anilines is 1. The smallest absolute Gasteiger partial charge is 0.249 e. The Bertz CT molecular complexity index is 631. The summed E-state index contributed by atoms with van der Waals surface area (Å²) in [7, 11) is 0. The number of nitrogens with one attached hydrogen (secondary N) is 3. The molecule has 2 heterocycles. The number of H-pyrrole nitrogens is 1. The molecule has 0 unspecified atom stereocenters. The van der Waals surface area contributed by atoms with Crippen LogP contribution in [0.2, 0.25) is 0 Å². The maximum atomic E-state index is 11.9. The molecule has 0 fully saturated rings. The van der Waals surface area contributed by atoms with Crippen molar-refractivity contribution in [1.82, 2.24) is 15.5 Å². The standard InChI is InChI=1S/C15H16N4O/c20-14(7-6-11-4-2-1-3-5-11)17-15-12-10-16-9-8-13(12)18-19-15/h1-7,16H,8-10H2,(H2,17,18,19,20)/b7-6+. The third-order valence-electron chi connectivity index (χ3n) is 3.27. The first-order chi connectivity index (χ1) is 9.83. The van der Waals surface area contributed by atoms with E-state index in [2.05, 4.69) is 20.8 Å². The molecule has 0 spiro atoms. The van der Waals surface area contributed by atoms with Gasteiger partial charge in [-0.2, -0.15) is 5.10 Å². The summed E-state index contributed by atoms with van der Waals surface area (Å²) in [6.45, 7) is 1.68. The van der Waals surface area contributed by atoms with Gasteiger partial charge in [-0.15, -0.1) is 0 Å². The summed E-state index contributed by atoms with van der Waals surface area (Å²) in [5, 5.41) is 13.2. The summed E-state index contributed by atoms with van der Waals surface area (Å²) < 4.78 is 0. The van der Waals surface area contributed by atoms with E-state index in [4.69, 9.17) is 0 Å². The van der Waals surface area contributed by atoms with Crippen LogP contribution in [0.3, 0.4) is 0 Å². The predicted octanol–water partition coefficient (Wildman–Crippen LogP) is 1.71. The summed E-state index contributed by atoms with van der Waals surface area (Å²) >= 11 is 0. The van der Waals surface area contributed by atoms with Gasteiger partial charge in [0.05, 0.1) is 0 Å². The number of aromatic nitrogens is 2. The van der Waals surface area contributed by atoms with Gasteiger partial charge in [-0.05, 0) is 11.6 Å². The number of carbonyl (C=O) groups is 1. The zero-order valence-corrected chi connectivity index (χ0v) is 11.0. The summed E-state index contributed by atoms with van der Waals surface area (Å²) in [5.74, 6) is 0.448. The fourth-order valence-electron chi connectivity index (χ4n) is 2.22. The monoisotopic (exact) mass is 268 g/mol. The Balaban J connectivity index is 1.67. The molecule has 5 heteroatoms. The lowest BCUT2D eigenvalue weighted by molar-refractivity contribution is -0.111. The van der Waals surface area contributed by atoms with E-state index in [-0.39, 0.29) is 5.91 Å². The van der Waals surface area contributed by atoms with E-state index in [1.54, 1.807) is 6.08 Å². The number of hydrogen-bond acceptors (Lipinski definition) is 3. The molecule has 1 aliphatic rings. The van der Waals surface area contributed by atoms with Crippen LogP contribution in [0.25, 0.3) is 6.08 Å². The van der Waals surface area contributed by atoms with E-state index in [1.807, 2.05) is 30.3 Å². The third kappa shape index (κ3) is 2.78. The van der Waals surface area contributed by atoms with Crippen LogP contribution < -0.4 is 10.6 Å². The average Bonchev–Trinajstić information content (AvgIpc) is 2.90. The van der Waals surface area contributed by atoms with Crippen LogP contribution in [-0.2, 0) is 17.8 Å². The van der Waals surface area contributed by atoms with Gasteiger partial charge in [-0.3, -0.25) is 9.89 Å². The molecule has 0 saturated heterocycles. The van der Waals surface area contributed by atoms with Crippen molar-refractivity contribution in [3.05, 3.63) is 53.2 Å². The van der Waals surface area contributed by atoms with E-state index in [0.29, 0.717) is 5.82 Å². The fraction of sp³-hybridized carbons (Fsp3) is 0.200. The van der Waals surface area contributed by atoms with Gasteiger partial charge in [0, 0.05) is 36.8 Å². The molecule has 1 aromatic carbocycles. The second-order valence-corrected chi connectivity index (χ2v) is 4.69. The Hall–Kier alpha value is -2.40. The average molecular weight is 268 g/mol. The third-order valence-corrected chi connectivity index (χ3v) is 3.27. The number of fused-ring (bicyclic) bond motifs is 1. The number of benzene rings is 1. The highest BCUT2D eigenvalue weighted by molar-refractivity contribution is 6.01. The van der Waals surface area contributed by atoms with Crippen molar-refractivity contribution < 1.29 is 4.79 Å². The Kier molecular flexibility index (Phi) is 3.60. The van der Waals surface area contributed by atoms with E-state index >= 15 is 0 Å². The molecule has 0 atom stereocenters. The summed E-state index contributed by atoms with van der Waals surface area (Å²) in [5.41, 5.74) is 3.15. The molecule has 102 valence electrons. The fourth-order valence-corrected chi connectivity index (χ4v) is 2.22. The van der Waals surface area contributed by atoms with Gasteiger partial charge in [0.2, 0.25) is 5.91 Å². The molecule has 0 radical (unpaired) electrons. The van der Waals surface area contributed by atoms with Crippen LogP contribution in [0.5, 0.6) is 0 Å². The molecule has 1 aliphatic heterocycles. The highest BCUT2D eigenvalue weighted by Gasteiger charge is 2.17. The number of aromatic amines is 1. The van der Waals surface area contributed by atoms with Gasteiger partial charge < -0.3 is 10.6 Å². The van der Waals surface area contributed by atoms with Crippen LogP contribution in [0.4, 0.5) is 5.82 Å². The largest absolute Gasteiger partial charge is 0.312 e. The first-order valence-corrected chi connectivity index (χ1v) is 6.64. The lowest BCUT2D eigenvalue weighted by Crippen LogP contribution is -2.24. The van der Waals surface area contributed by atoms with Crippen LogP contribution >= 0.6 is 0 Å². The van der Waals surface area contributed by atoms with Crippen molar-refractivity contribution in [2.75, 3.05) is 11.9 Å². The number of amides is 1. The zero-order chi connectivity index (χ0) is 13.8. The maximum absolute atomic E-state index is 11.9. The second-order valence-electron chi connectivity index (χ2n) is 4.69. The molecule has 1 amide bonds. The van der Waals surface area contributed by atoms with Gasteiger partial charge in [0.25, 0.3) is 0 Å². The lowest BCUT2D eigenvalue weighted by atomic mass is 10.1. The molecule has 0 bridgehead atoms. The Morgan fingerprint density at radius 2 is 2.15 bits per heavy atom. The lowest BCUT2D eigenvalue weighted by Gasteiger charge is -2.12. The summed E-state index contributed by atoms with van der Waals surface area (Å²) in [4.78, 5) is 11.9. The van der Waals surface area contributed by atoms with Crippen molar-refractivity contribution in [2.45, 2.75) is 13.0 Å². The van der Waals surface area contributed by atoms with Crippen molar-refractivity contribution >= 4 is 17.8 Å². The normalized spacial score (nSPS) is 14.2. The van der Waals surface area contributed by atoms with Crippen LogP contribution in [-0.4, -0.2) is 22.6 Å². The first-order valence-electron chi connectivity index (χ1n) is 6.64. The molecule has 5 nitrogen and oxygen atoms in total. The van der Waals surface area contributed by atoms with E-state index in [1.165, 1.54) is 6.08 Å². The highest BCUT2D eigenvalue weighted by Crippen LogP contribution is 2.19. The number of hydrogen-bond donors (Lipinski definition) is 3. The van der Waals surface area contributed by atoms with Gasteiger partial charge in [-0.25, -0.2) is 0 Å². The summed E-state index contributed by atoms with van der Waals surface area (Å²) in [6, 6.07) is 9.72. The maximum Gasteiger partial charge on any atom is 0.249 e. The van der Waals surface area contributed by atoms with Crippen LogP contribution in [0.1, 0.15) is 16.8 Å². The van der Waals surface area contributed by atoms with Crippen LogP contribution in [0.15, 0.2) is 36.4 Å². The molecule has 3 N–H and O–H groups in total. The van der Waals surface area contributed by atoms with Crippen molar-refractivity contribution in [2.24, 2.45) is 0 Å². The van der Waals surface area contributed by atoms with E-state index < -0.39 is 0 Å². The van der Waals surface area contributed by atoms with Crippen molar-refractivity contribution in [3.8, 4) is 0 Å². The summed E-state index contributed by atoms with van der Waals surface area (Å²) in [6.07, 6.45) is 4.22. The number of rotatable bonds is 3. The molecule has 0 aliphatic carbocycles. The minimum Gasteiger partial charge on any atom is -0.312 e. The Morgan fingerprint density at radius 1 is 1.30 bits per heavy atom. The van der Waals surface area contributed by atoms with E-state index in [9.17, 15) is 4.79 Å². The molecule has 0 saturated carbocycles. The minimum atomic E-state index is -0.172.